The number of hydrogen-bond donors (Lipinski definition) is 8. The fourth-order valence-electron chi connectivity index (χ4n) is 18.3. The average molecular weight is 1460 g/mol. The molecule has 104 heavy (non-hydrogen) atoms. The summed E-state index contributed by atoms with van der Waals surface area (Å²) in [5, 5.41) is 78.4. The molecule has 8 rings (SSSR count). The van der Waals surface area contributed by atoms with Crippen LogP contribution in [-0.2, 0) is 0 Å². The van der Waals surface area contributed by atoms with Gasteiger partial charge >= 0.3 is 0 Å². The molecule has 8 saturated carbocycles. The maximum Gasteiger partial charge on any atom is 0.0630 e. The number of allylic oxidation sites excluding steroid dienone is 14. The van der Waals surface area contributed by atoms with E-state index in [1.807, 2.05) is 0 Å². The molecule has 8 aliphatic carbocycles. The number of hydrogen-bond acceptors (Lipinski definition) is 8. The monoisotopic (exact) mass is 1460 g/mol. The molecule has 0 heterocycles. The van der Waals surface area contributed by atoms with Crippen LogP contribution in [0.2, 0.25) is 0 Å². The molecule has 0 spiro atoms. The Hall–Kier alpha value is -2.40. The van der Waals surface area contributed by atoms with Gasteiger partial charge < -0.3 is 40.9 Å². The second-order valence-electron chi connectivity index (χ2n) is 41.7. The molecule has 0 radical (unpaired) electrons. The number of aliphatic hydroxyl groups is 8. The summed E-state index contributed by atoms with van der Waals surface area (Å²) in [6, 6.07) is 0. The minimum atomic E-state index is -0.147. The van der Waals surface area contributed by atoms with E-state index < -0.39 is 0 Å². The molecule has 8 aliphatic rings. The third-order valence-corrected chi connectivity index (χ3v) is 24.8. The largest absolute Gasteiger partial charge is 0.393 e. The highest BCUT2D eigenvalue weighted by atomic mass is 16.3. The SMILES string of the molecule is CC(C)/C=C1/CCC(O)C(C)(C)C1.CC(C)/C=C1/CCC(O)CC1(C)C.CC(C)=CC1(C)C(C)CCCC1O.CC(C)=CC1(C)CC(C)CCC1O.CC(C)=CC1CC(O)CC(C)(C)C1.CC(C)=CC1CC(O)CCC1(C)C.CC(C)=CC1CCC(C)(C)C(O)C1.CC(C)=CC1CCCC(O)C1(C)C. The van der Waals surface area contributed by atoms with Crippen LogP contribution >= 0.6 is 0 Å². The van der Waals surface area contributed by atoms with Crippen molar-refractivity contribution in [3.63, 3.8) is 0 Å². The maximum absolute atomic E-state index is 10.0. The maximum atomic E-state index is 10.0. The van der Waals surface area contributed by atoms with Crippen molar-refractivity contribution in [2.24, 2.45) is 90.7 Å². The van der Waals surface area contributed by atoms with Gasteiger partial charge in [0.05, 0.1) is 48.8 Å². The van der Waals surface area contributed by atoms with Crippen molar-refractivity contribution in [2.75, 3.05) is 0 Å². The molecular weight excluding hydrogens is 1280 g/mol. The first-order valence-corrected chi connectivity index (χ1v) is 42.2. The van der Waals surface area contributed by atoms with E-state index in [0.717, 1.165) is 115 Å². The normalized spacial score (nSPS) is 34.2. The van der Waals surface area contributed by atoms with Gasteiger partial charge in [-0.25, -0.2) is 0 Å². The molecule has 0 amide bonds. The summed E-state index contributed by atoms with van der Waals surface area (Å²) < 4.78 is 0. The molecule has 0 aromatic carbocycles. The fourth-order valence-corrected chi connectivity index (χ4v) is 18.3. The highest BCUT2D eigenvalue weighted by Crippen LogP contribution is 2.48. The molecule has 0 bridgehead atoms. The highest BCUT2D eigenvalue weighted by molar-refractivity contribution is 5.17. The highest BCUT2D eigenvalue weighted by Gasteiger charge is 2.42. The Morgan fingerprint density at radius 1 is 0.385 bits per heavy atom. The summed E-state index contributed by atoms with van der Waals surface area (Å²) in [4.78, 5) is 0. The van der Waals surface area contributed by atoms with Crippen molar-refractivity contribution in [1.82, 2.24) is 0 Å². The lowest BCUT2D eigenvalue weighted by molar-refractivity contribution is -0.0136. The Balaban J connectivity index is 0.000000594. The Morgan fingerprint density at radius 3 is 1.39 bits per heavy atom. The summed E-state index contributed by atoms with van der Waals surface area (Å²) in [7, 11) is 0. The predicted octanol–water partition coefficient (Wildman–Crippen LogP) is 25.1. The van der Waals surface area contributed by atoms with E-state index in [1.54, 1.807) is 0 Å². The van der Waals surface area contributed by atoms with Gasteiger partial charge in [0.15, 0.2) is 0 Å². The van der Waals surface area contributed by atoms with Crippen molar-refractivity contribution in [3.8, 4) is 0 Å². The third-order valence-electron chi connectivity index (χ3n) is 24.8. The molecule has 8 heteroatoms. The first kappa shape index (κ1) is 99.6. The zero-order chi connectivity index (χ0) is 80.5. The van der Waals surface area contributed by atoms with Crippen LogP contribution in [0.1, 0.15) is 376 Å². The van der Waals surface area contributed by atoms with E-state index >= 15 is 0 Å². The van der Waals surface area contributed by atoms with Crippen LogP contribution in [0.25, 0.3) is 0 Å². The van der Waals surface area contributed by atoms with Gasteiger partial charge in [-0.15, -0.1) is 0 Å². The van der Waals surface area contributed by atoms with Crippen molar-refractivity contribution in [2.45, 2.75) is 424 Å². The molecular formula is C96H176O8. The van der Waals surface area contributed by atoms with Crippen molar-refractivity contribution in [3.05, 3.63) is 93.2 Å². The molecule has 16 atom stereocenters. The molecule has 8 N–H and O–H groups in total. The van der Waals surface area contributed by atoms with Crippen molar-refractivity contribution >= 4 is 0 Å². The van der Waals surface area contributed by atoms with Crippen LogP contribution in [0.3, 0.4) is 0 Å². The Bertz CT molecular complexity index is 2680. The summed E-state index contributed by atoms with van der Waals surface area (Å²) in [5.74, 6) is 4.93. The predicted molar refractivity (Wildman–Crippen MR) is 452 cm³/mol. The molecule has 8 fully saturated rings. The van der Waals surface area contributed by atoms with Crippen molar-refractivity contribution in [1.29, 1.82) is 0 Å². The molecule has 0 saturated heterocycles. The van der Waals surface area contributed by atoms with Crippen LogP contribution in [0.15, 0.2) is 93.2 Å². The lowest BCUT2D eigenvalue weighted by Gasteiger charge is -2.42. The van der Waals surface area contributed by atoms with Gasteiger partial charge in [-0.3, -0.25) is 0 Å². The molecule has 0 aromatic rings. The van der Waals surface area contributed by atoms with Crippen LogP contribution in [0, 0.1) is 90.7 Å². The van der Waals surface area contributed by atoms with Crippen LogP contribution in [0.5, 0.6) is 0 Å². The van der Waals surface area contributed by atoms with E-state index in [1.165, 1.54) is 89.5 Å². The topological polar surface area (TPSA) is 162 Å². The average Bonchev–Trinajstić information content (AvgIpc) is 0.798. The number of aliphatic hydroxyl groups excluding tert-OH is 8. The first-order valence-electron chi connectivity index (χ1n) is 42.2. The van der Waals surface area contributed by atoms with Gasteiger partial charge in [0.1, 0.15) is 0 Å². The van der Waals surface area contributed by atoms with Crippen LogP contribution < -0.4 is 0 Å². The zero-order valence-corrected chi connectivity index (χ0v) is 74.4. The zero-order valence-electron chi connectivity index (χ0n) is 74.4. The Kier molecular flexibility index (Phi) is 42.7. The van der Waals surface area contributed by atoms with Gasteiger partial charge in [0.25, 0.3) is 0 Å². The molecule has 16 unspecified atom stereocenters. The Morgan fingerprint density at radius 2 is 0.904 bits per heavy atom. The minimum Gasteiger partial charge on any atom is -0.393 e. The van der Waals surface area contributed by atoms with Gasteiger partial charge in [0, 0.05) is 10.8 Å². The second kappa shape index (κ2) is 44.6. The Labute approximate surface area is 645 Å². The van der Waals surface area contributed by atoms with E-state index in [0.29, 0.717) is 52.3 Å². The summed E-state index contributed by atoms with van der Waals surface area (Å²) in [6.45, 7) is 69.9. The summed E-state index contributed by atoms with van der Waals surface area (Å²) >= 11 is 0. The van der Waals surface area contributed by atoms with Crippen molar-refractivity contribution < 1.29 is 40.9 Å². The lowest BCUT2D eigenvalue weighted by atomic mass is 9.66. The molecule has 608 valence electrons. The first-order chi connectivity index (χ1) is 47.4. The summed E-state index contributed by atoms with van der Waals surface area (Å²) in [6.07, 6.45) is 43.1. The molecule has 0 aliphatic heterocycles. The fraction of sp³-hybridized carbons (Fsp3) is 0.833. The standard InChI is InChI=1S/8C12H22O/c1-9(2)5-10-6-11(13)8-12(3,4)7-10;1-9(2)7-10-8-11(13)5-6-12(10,3)4;1-9(2)7-10-5-6-11(13)8-12(10,3)4;1-9(2)7-10-5-6-12(3,4)11(13)8-10;1-9(2)7-10-5-6-11(13)12(3,4)8-10;1-9(2)7-12(4)8-10(3)5-6-11(12)13;1-9(2)8-10-6-5-7-11(13)12(10,3)4;1-9(2)8-12(4)10(3)6-5-7-11(12)13/h5,10-11,13H,6-8H2,1-4H3;7,10-11,13H,5-6,8H2,1-4H3;7,9,11,13H,5-6,8H2,1-4H3;7,10-11,13H,5-6,8H2,1-4H3;7,9,11,13H,5-6,8H2,1-4H3;7,10-11,13H,5-6,8H2,1-4H3;2*8,10-11,13H,5-7H2,1-4H3/b;;10-7-;;10-7-;;;. The van der Waals surface area contributed by atoms with Gasteiger partial charge in [-0.1, -0.05) is 245 Å². The van der Waals surface area contributed by atoms with E-state index in [9.17, 15) is 40.9 Å². The van der Waals surface area contributed by atoms with E-state index in [4.69, 9.17) is 0 Å². The van der Waals surface area contributed by atoms with E-state index in [2.05, 4.69) is 270 Å². The minimum absolute atomic E-state index is 0.0110. The van der Waals surface area contributed by atoms with Crippen LogP contribution in [-0.4, -0.2) is 89.7 Å². The molecule has 8 nitrogen and oxygen atoms in total. The quantitative estimate of drug-likeness (QED) is 0.111. The summed E-state index contributed by atoms with van der Waals surface area (Å²) in [5.41, 5.74) is 12.4. The smallest absolute Gasteiger partial charge is 0.0630 e. The second-order valence-corrected chi connectivity index (χ2v) is 41.7. The van der Waals surface area contributed by atoms with Gasteiger partial charge in [0.2, 0.25) is 0 Å². The van der Waals surface area contributed by atoms with Gasteiger partial charge in [-0.05, 0) is 304 Å². The molecule has 0 aromatic heterocycles. The lowest BCUT2D eigenvalue weighted by Crippen LogP contribution is -2.40. The third kappa shape index (κ3) is 37.1. The van der Waals surface area contributed by atoms with Crippen LogP contribution in [0.4, 0.5) is 0 Å². The van der Waals surface area contributed by atoms with E-state index in [-0.39, 0.29) is 81.3 Å². The van der Waals surface area contributed by atoms with Gasteiger partial charge in [-0.2, -0.15) is 0 Å². The number of rotatable bonds is 8.